The van der Waals surface area contributed by atoms with Gasteiger partial charge in [-0.1, -0.05) is 28.9 Å². The van der Waals surface area contributed by atoms with Gasteiger partial charge in [-0.2, -0.15) is 4.98 Å². The van der Waals surface area contributed by atoms with Gasteiger partial charge in [-0.05, 0) is 13.0 Å². The number of hydrogen-bond donors (Lipinski definition) is 0. The molecule has 3 aromatic rings. The van der Waals surface area contributed by atoms with Crippen molar-refractivity contribution in [1.29, 1.82) is 0 Å². The van der Waals surface area contributed by atoms with Crippen LogP contribution in [0.15, 0.2) is 40.4 Å². The largest absolute Gasteiger partial charge is 0.368 e. The van der Waals surface area contributed by atoms with Gasteiger partial charge in [-0.3, -0.25) is 4.90 Å². The van der Waals surface area contributed by atoms with E-state index in [1.165, 1.54) is 5.56 Å². The average Bonchev–Trinajstić information content (AvgIpc) is 3.27. The zero-order valence-electron chi connectivity index (χ0n) is 13.4. The highest BCUT2D eigenvalue weighted by atomic mass is 32.1. The maximum absolute atomic E-state index is 5.82. The van der Waals surface area contributed by atoms with Gasteiger partial charge in [0.1, 0.15) is 11.1 Å². The van der Waals surface area contributed by atoms with Gasteiger partial charge in [-0.15, -0.1) is 11.3 Å². The lowest BCUT2D eigenvalue weighted by atomic mass is 10.1. The normalized spacial score (nSPS) is 18.8. The van der Waals surface area contributed by atoms with Gasteiger partial charge in [0.15, 0.2) is 0 Å². The molecular formula is C17H18N4O2S. The third-order valence-corrected chi connectivity index (χ3v) is 4.85. The van der Waals surface area contributed by atoms with Gasteiger partial charge < -0.3 is 9.26 Å². The number of nitrogens with zero attached hydrogens (tertiary/aromatic N) is 4. The van der Waals surface area contributed by atoms with Crippen LogP contribution in [0.5, 0.6) is 0 Å². The van der Waals surface area contributed by atoms with Crippen LogP contribution in [0.4, 0.5) is 0 Å². The van der Waals surface area contributed by atoms with Crippen LogP contribution in [0, 0.1) is 6.92 Å². The molecule has 6 nitrogen and oxygen atoms in total. The molecule has 124 valence electrons. The first kappa shape index (κ1) is 15.4. The zero-order chi connectivity index (χ0) is 16.4. The fourth-order valence-corrected chi connectivity index (χ4v) is 3.48. The third kappa shape index (κ3) is 3.38. The molecule has 0 bridgehead atoms. The predicted molar refractivity (Wildman–Crippen MR) is 90.6 cm³/mol. The minimum atomic E-state index is 0.0258. The highest BCUT2D eigenvalue weighted by Crippen LogP contribution is 2.25. The number of morpholine rings is 1. The predicted octanol–water partition coefficient (Wildman–Crippen LogP) is 3.08. The van der Waals surface area contributed by atoms with Crippen molar-refractivity contribution in [2.24, 2.45) is 0 Å². The third-order valence-electron chi connectivity index (χ3n) is 3.98. The molecule has 1 atom stereocenters. The number of benzene rings is 1. The molecule has 0 aliphatic carbocycles. The van der Waals surface area contributed by atoms with Crippen LogP contribution in [0.1, 0.15) is 22.6 Å². The summed E-state index contributed by atoms with van der Waals surface area (Å²) in [6.07, 6.45) is 1.84. The Morgan fingerprint density at radius 1 is 1.38 bits per heavy atom. The Morgan fingerprint density at radius 3 is 3.17 bits per heavy atom. The van der Waals surface area contributed by atoms with Gasteiger partial charge in [0.2, 0.25) is 11.7 Å². The lowest BCUT2D eigenvalue weighted by Crippen LogP contribution is -2.37. The van der Waals surface area contributed by atoms with Crippen LogP contribution in [-0.2, 0) is 11.3 Å². The van der Waals surface area contributed by atoms with E-state index in [4.69, 9.17) is 9.26 Å². The quantitative estimate of drug-likeness (QED) is 0.726. The zero-order valence-corrected chi connectivity index (χ0v) is 14.2. The van der Waals surface area contributed by atoms with Gasteiger partial charge in [-0.25, -0.2) is 4.98 Å². The first-order valence-corrected chi connectivity index (χ1v) is 8.79. The summed E-state index contributed by atoms with van der Waals surface area (Å²) in [5, 5.41) is 7.10. The first-order chi connectivity index (χ1) is 11.8. The molecule has 0 N–H and O–H groups in total. The minimum Gasteiger partial charge on any atom is -0.368 e. The van der Waals surface area contributed by atoms with Crippen molar-refractivity contribution in [3.8, 4) is 11.4 Å². The van der Waals surface area contributed by atoms with Gasteiger partial charge in [0, 0.05) is 30.2 Å². The van der Waals surface area contributed by atoms with Crippen LogP contribution in [0.3, 0.4) is 0 Å². The van der Waals surface area contributed by atoms with Crippen LogP contribution in [-0.4, -0.2) is 39.7 Å². The molecule has 1 aromatic carbocycles. The van der Waals surface area contributed by atoms with Crippen molar-refractivity contribution in [1.82, 2.24) is 20.0 Å². The van der Waals surface area contributed by atoms with Crippen molar-refractivity contribution >= 4 is 11.3 Å². The Bertz CT molecular complexity index is 803. The van der Waals surface area contributed by atoms with E-state index in [1.54, 1.807) is 11.3 Å². The van der Waals surface area contributed by atoms with E-state index in [0.717, 1.165) is 23.7 Å². The number of hydrogen-bond acceptors (Lipinski definition) is 7. The Kier molecular flexibility index (Phi) is 4.38. The van der Waals surface area contributed by atoms with Gasteiger partial charge in [0.25, 0.3) is 0 Å². The standard InChI is InChI=1S/C17H18N4O2S/c1-12-3-2-4-13(9-12)16-19-15(23-20-16)11-21-6-7-22-14(10-21)17-18-5-8-24-17/h2-5,8-9,14H,6-7,10-11H2,1H3/t14-/m1/s1. The molecule has 7 heteroatoms. The summed E-state index contributed by atoms with van der Waals surface area (Å²) in [4.78, 5) is 11.1. The second-order valence-electron chi connectivity index (χ2n) is 5.85. The molecule has 1 aliphatic rings. The lowest BCUT2D eigenvalue weighted by molar-refractivity contribution is -0.0356. The van der Waals surface area contributed by atoms with E-state index in [-0.39, 0.29) is 6.10 Å². The SMILES string of the molecule is Cc1cccc(-c2noc(CN3CCO[C@@H](c4nccs4)C3)n2)c1. The fraction of sp³-hybridized carbons (Fsp3) is 0.353. The van der Waals surface area contributed by atoms with E-state index in [2.05, 4.69) is 39.1 Å². The van der Waals surface area contributed by atoms with Crippen molar-refractivity contribution in [3.05, 3.63) is 52.3 Å². The number of aromatic nitrogens is 3. The molecule has 1 saturated heterocycles. The topological polar surface area (TPSA) is 64.3 Å². The summed E-state index contributed by atoms with van der Waals surface area (Å²) in [5.74, 6) is 1.27. The molecule has 2 aromatic heterocycles. The molecule has 0 radical (unpaired) electrons. The number of ether oxygens (including phenoxy) is 1. The summed E-state index contributed by atoms with van der Waals surface area (Å²) in [6, 6.07) is 8.11. The van der Waals surface area contributed by atoms with Crippen LogP contribution < -0.4 is 0 Å². The second-order valence-corrected chi connectivity index (χ2v) is 6.77. The van der Waals surface area contributed by atoms with Crippen molar-refractivity contribution in [3.63, 3.8) is 0 Å². The monoisotopic (exact) mass is 342 g/mol. The maximum Gasteiger partial charge on any atom is 0.241 e. The Balaban J connectivity index is 1.44. The summed E-state index contributed by atoms with van der Waals surface area (Å²) in [5.41, 5.74) is 2.16. The number of rotatable bonds is 4. The number of aryl methyl sites for hydroxylation is 1. The van der Waals surface area contributed by atoms with Crippen LogP contribution in [0.25, 0.3) is 11.4 Å². The maximum atomic E-state index is 5.82. The van der Waals surface area contributed by atoms with E-state index < -0.39 is 0 Å². The molecule has 0 saturated carbocycles. The molecule has 4 rings (SSSR count). The summed E-state index contributed by atoms with van der Waals surface area (Å²) >= 11 is 1.63. The van der Waals surface area contributed by atoms with E-state index in [9.17, 15) is 0 Å². The Morgan fingerprint density at radius 2 is 2.33 bits per heavy atom. The second kappa shape index (κ2) is 6.80. The minimum absolute atomic E-state index is 0.0258. The van der Waals surface area contributed by atoms with E-state index in [1.807, 2.05) is 23.7 Å². The van der Waals surface area contributed by atoms with Crippen molar-refractivity contribution in [2.45, 2.75) is 19.6 Å². The van der Waals surface area contributed by atoms with Gasteiger partial charge in [0.05, 0.1) is 13.2 Å². The molecule has 0 spiro atoms. The molecule has 0 amide bonds. The van der Waals surface area contributed by atoms with E-state index in [0.29, 0.717) is 24.9 Å². The molecule has 24 heavy (non-hydrogen) atoms. The summed E-state index contributed by atoms with van der Waals surface area (Å²) < 4.78 is 11.2. The smallest absolute Gasteiger partial charge is 0.241 e. The van der Waals surface area contributed by atoms with Crippen LogP contribution >= 0.6 is 11.3 Å². The fourth-order valence-electron chi connectivity index (χ4n) is 2.80. The highest BCUT2D eigenvalue weighted by molar-refractivity contribution is 7.09. The Labute approximate surface area is 144 Å². The van der Waals surface area contributed by atoms with Crippen LogP contribution in [0.2, 0.25) is 0 Å². The lowest BCUT2D eigenvalue weighted by Gasteiger charge is -2.30. The summed E-state index contributed by atoms with van der Waals surface area (Å²) in [6.45, 7) is 5.00. The highest BCUT2D eigenvalue weighted by Gasteiger charge is 2.25. The first-order valence-electron chi connectivity index (χ1n) is 7.91. The molecule has 1 fully saturated rings. The van der Waals surface area contributed by atoms with E-state index >= 15 is 0 Å². The average molecular weight is 342 g/mol. The summed E-state index contributed by atoms with van der Waals surface area (Å²) in [7, 11) is 0. The molecular weight excluding hydrogens is 324 g/mol. The molecule has 0 unspecified atom stereocenters. The number of thiazole rings is 1. The molecule has 1 aliphatic heterocycles. The van der Waals surface area contributed by atoms with Crippen molar-refractivity contribution < 1.29 is 9.26 Å². The van der Waals surface area contributed by atoms with Crippen molar-refractivity contribution in [2.75, 3.05) is 19.7 Å². The Hall–Kier alpha value is -2.09. The van der Waals surface area contributed by atoms with Gasteiger partial charge >= 0.3 is 0 Å². The molecule has 3 heterocycles.